The van der Waals surface area contributed by atoms with Crippen molar-refractivity contribution in [1.82, 2.24) is 4.90 Å². The summed E-state index contributed by atoms with van der Waals surface area (Å²) in [6.45, 7) is 3.29. The molecular weight excluding hydrogens is 110 g/mol. The minimum absolute atomic E-state index is 1.15. The van der Waals surface area contributed by atoms with Crippen LogP contribution in [0, 0.1) is 0 Å². The molecule has 0 N–H and O–H groups in total. The minimum Gasteiger partial charge on any atom is -0.378 e. The van der Waals surface area contributed by atoms with Crippen LogP contribution in [-0.2, 0) is 0 Å². The normalized spacial score (nSPS) is 19.3. The Hall–Kier alpha value is -0.720. The Kier molecular flexibility index (Phi) is 1.93. The molecule has 0 unspecified atom stereocenters. The van der Waals surface area contributed by atoms with Crippen molar-refractivity contribution in [1.29, 1.82) is 0 Å². The van der Waals surface area contributed by atoms with Gasteiger partial charge in [0.25, 0.3) is 0 Å². The van der Waals surface area contributed by atoms with E-state index >= 15 is 0 Å². The summed E-state index contributed by atoms with van der Waals surface area (Å²) in [4.78, 5) is 2.26. The Labute approximate surface area is 56.7 Å². The molecule has 0 aliphatic carbocycles. The van der Waals surface area contributed by atoms with E-state index < -0.39 is 0 Å². The third-order valence-electron chi connectivity index (χ3n) is 1.71. The summed E-state index contributed by atoms with van der Waals surface area (Å²) in [6, 6.07) is 0. The highest BCUT2D eigenvalue weighted by atomic mass is 15.1. The van der Waals surface area contributed by atoms with Crippen LogP contribution >= 0.6 is 0 Å². The molecule has 9 heavy (non-hydrogen) atoms. The monoisotopic (exact) mass is 123 g/mol. The van der Waals surface area contributed by atoms with E-state index in [0.29, 0.717) is 0 Å². The summed E-state index contributed by atoms with van der Waals surface area (Å²) in [5.74, 6) is 0. The lowest BCUT2D eigenvalue weighted by molar-refractivity contribution is 0.429. The Bertz CT molecular complexity index is 145. The topological polar surface area (TPSA) is 3.24 Å². The molecule has 1 nitrogen and oxygen atoms in total. The third-order valence-corrected chi connectivity index (χ3v) is 1.71. The van der Waals surface area contributed by atoms with E-state index in [2.05, 4.69) is 37.1 Å². The van der Waals surface area contributed by atoms with Gasteiger partial charge in [-0.2, -0.15) is 0 Å². The van der Waals surface area contributed by atoms with Crippen molar-refractivity contribution >= 4 is 0 Å². The Morgan fingerprint density at radius 1 is 1.56 bits per heavy atom. The third kappa shape index (κ3) is 1.60. The maximum Gasteiger partial charge on any atom is 0.0206 e. The number of hydrogen-bond donors (Lipinski definition) is 0. The molecule has 1 heteroatoms. The second-order valence-electron chi connectivity index (χ2n) is 2.45. The van der Waals surface area contributed by atoms with Crippen molar-refractivity contribution in [2.45, 2.75) is 13.3 Å². The molecule has 0 bridgehead atoms. The Morgan fingerprint density at radius 2 is 2.33 bits per heavy atom. The standard InChI is InChI=1S/C8H13N/c1-8-6-4-3-5-7-9(8)2/h3-4,6H,5,7H2,1-2H3. The van der Waals surface area contributed by atoms with Crippen molar-refractivity contribution in [3.8, 4) is 0 Å². The molecule has 1 aliphatic heterocycles. The van der Waals surface area contributed by atoms with Crippen molar-refractivity contribution in [3.63, 3.8) is 0 Å². The molecule has 50 valence electrons. The van der Waals surface area contributed by atoms with E-state index in [1.807, 2.05) is 0 Å². The zero-order valence-corrected chi connectivity index (χ0v) is 6.09. The van der Waals surface area contributed by atoms with Crippen LogP contribution < -0.4 is 0 Å². The van der Waals surface area contributed by atoms with Gasteiger partial charge >= 0.3 is 0 Å². The van der Waals surface area contributed by atoms with Gasteiger partial charge in [-0.3, -0.25) is 0 Å². The number of rotatable bonds is 0. The fraction of sp³-hybridized carbons (Fsp3) is 0.500. The van der Waals surface area contributed by atoms with Gasteiger partial charge in [0.05, 0.1) is 0 Å². The second-order valence-corrected chi connectivity index (χ2v) is 2.45. The molecule has 1 heterocycles. The molecule has 0 amide bonds. The first-order valence-electron chi connectivity index (χ1n) is 3.35. The molecule has 1 rings (SSSR count). The van der Waals surface area contributed by atoms with Gasteiger partial charge in [0.2, 0.25) is 0 Å². The van der Waals surface area contributed by atoms with Crippen LogP contribution in [0.5, 0.6) is 0 Å². The van der Waals surface area contributed by atoms with Crippen LogP contribution in [0.2, 0.25) is 0 Å². The summed E-state index contributed by atoms with van der Waals surface area (Å²) in [6.07, 6.45) is 7.64. The van der Waals surface area contributed by atoms with E-state index in [0.717, 1.165) is 6.54 Å². The van der Waals surface area contributed by atoms with E-state index in [1.54, 1.807) is 0 Å². The van der Waals surface area contributed by atoms with Crippen molar-refractivity contribution in [2.75, 3.05) is 13.6 Å². The first-order chi connectivity index (χ1) is 4.30. The van der Waals surface area contributed by atoms with Gasteiger partial charge in [-0.15, -0.1) is 0 Å². The van der Waals surface area contributed by atoms with Gasteiger partial charge in [0.15, 0.2) is 0 Å². The van der Waals surface area contributed by atoms with Gasteiger partial charge in [0, 0.05) is 19.3 Å². The van der Waals surface area contributed by atoms with Crippen LogP contribution in [0.15, 0.2) is 23.9 Å². The SMILES string of the molecule is CC1=CC=CCCN1C. The zero-order valence-electron chi connectivity index (χ0n) is 6.09. The fourth-order valence-corrected chi connectivity index (χ4v) is 0.875. The smallest absolute Gasteiger partial charge is 0.0206 e. The summed E-state index contributed by atoms with van der Waals surface area (Å²) in [5, 5.41) is 0. The maximum atomic E-state index is 2.26. The molecule has 0 aromatic rings. The zero-order chi connectivity index (χ0) is 6.69. The molecule has 0 aromatic carbocycles. The van der Waals surface area contributed by atoms with E-state index in [-0.39, 0.29) is 0 Å². The largest absolute Gasteiger partial charge is 0.378 e. The molecule has 0 saturated carbocycles. The fourth-order valence-electron chi connectivity index (χ4n) is 0.875. The van der Waals surface area contributed by atoms with E-state index in [9.17, 15) is 0 Å². The van der Waals surface area contributed by atoms with Gasteiger partial charge in [-0.1, -0.05) is 12.2 Å². The van der Waals surface area contributed by atoms with Crippen LogP contribution in [0.4, 0.5) is 0 Å². The van der Waals surface area contributed by atoms with Crippen LogP contribution in [0.25, 0.3) is 0 Å². The predicted molar refractivity (Wildman–Crippen MR) is 40.1 cm³/mol. The molecule has 0 atom stereocenters. The maximum absolute atomic E-state index is 2.26. The van der Waals surface area contributed by atoms with Crippen molar-refractivity contribution < 1.29 is 0 Å². The lowest BCUT2D eigenvalue weighted by Gasteiger charge is -2.16. The highest BCUT2D eigenvalue weighted by Gasteiger charge is 1.97. The molecule has 0 radical (unpaired) electrons. The lowest BCUT2D eigenvalue weighted by atomic mass is 10.4. The highest BCUT2D eigenvalue weighted by Crippen LogP contribution is 2.05. The lowest BCUT2D eigenvalue weighted by Crippen LogP contribution is -2.15. The first kappa shape index (κ1) is 6.40. The minimum atomic E-state index is 1.15. The van der Waals surface area contributed by atoms with Gasteiger partial charge < -0.3 is 4.90 Å². The van der Waals surface area contributed by atoms with Crippen LogP contribution in [-0.4, -0.2) is 18.5 Å². The van der Waals surface area contributed by atoms with Gasteiger partial charge in [-0.05, 0) is 19.4 Å². The molecule has 0 aromatic heterocycles. The number of hydrogen-bond acceptors (Lipinski definition) is 1. The summed E-state index contributed by atoms with van der Waals surface area (Å²) < 4.78 is 0. The molecule has 1 aliphatic rings. The van der Waals surface area contributed by atoms with Crippen molar-refractivity contribution in [3.05, 3.63) is 23.9 Å². The molecule has 0 fully saturated rings. The summed E-state index contributed by atoms with van der Waals surface area (Å²) >= 11 is 0. The first-order valence-corrected chi connectivity index (χ1v) is 3.35. The quantitative estimate of drug-likeness (QED) is 0.474. The summed E-state index contributed by atoms with van der Waals surface area (Å²) in [7, 11) is 2.12. The molecule has 0 spiro atoms. The molecule has 0 saturated heterocycles. The van der Waals surface area contributed by atoms with E-state index in [1.165, 1.54) is 12.1 Å². The highest BCUT2D eigenvalue weighted by molar-refractivity contribution is 5.11. The average Bonchev–Trinajstić information content (AvgIpc) is 1.99. The molecular formula is C8H13N. The van der Waals surface area contributed by atoms with Crippen LogP contribution in [0.3, 0.4) is 0 Å². The number of allylic oxidation sites excluding steroid dienone is 3. The second kappa shape index (κ2) is 2.72. The van der Waals surface area contributed by atoms with Crippen molar-refractivity contribution in [2.24, 2.45) is 0 Å². The summed E-state index contributed by atoms with van der Waals surface area (Å²) in [5.41, 5.74) is 1.35. The number of nitrogens with zero attached hydrogens (tertiary/aromatic N) is 1. The average molecular weight is 123 g/mol. The van der Waals surface area contributed by atoms with Gasteiger partial charge in [0.1, 0.15) is 0 Å². The Balaban J connectivity index is 2.63. The van der Waals surface area contributed by atoms with E-state index in [4.69, 9.17) is 0 Å². The van der Waals surface area contributed by atoms with Gasteiger partial charge in [-0.25, -0.2) is 0 Å². The Morgan fingerprint density at radius 3 is 3.11 bits per heavy atom. The van der Waals surface area contributed by atoms with Crippen LogP contribution in [0.1, 0.15) is 13.3 Å². The predicted octanol–water partition coefficient (Wildman–Crippen LogP) is 1.78.